The number of nitrogens with zero attached hydrogens (tertiary/aromatic N) is 2. The van der Waals surface area contributed by atoms with Crippen molar-refractivity contribution in [1.82, 2.24) is 15.3 Å². The molecule has 7 heteroatoms. The molecule has 2 aromatic rings. The van der Waals surface area contributed by atoms with Gasteiger partial charge in [0.1, 0.15) is 5.75 Å². The monoisotopic (exact) mass is 328 g/mol. The number of carbonyl (C=O) groups is 1. The Morgan fingerprint density at radius 1 is 1.08 bits per heavy atom. The molecule has 126 valence electrons. The largest absolute Gasteiger partial charge is 0.424 e. The van der Waals surface area contributed by atoms with Crippen molar-refractivity contribution in [1.29, 1.82) is 0 Å². The van der Waals surface area contributed by atoms with Crippen LogP contribution in [0.3, 0.4) is 0 Å². The molecule has 0 bridgehead atoms. The number of aliphatic hydroxyl groups is 1. The molecule has 0 aliphatic heterocycles. The molecule has 1 aromatic carbocycles. The lowest BCUT2D eigenvalue weighted by molar-refractivity contribution is 0.118. The van der Waals surface area contributed by atoms with Gasteiger partial charge in [-0.05, 0) is 56.0 Å². The van der Waals surface area contributed by atoms with E-state index < -0.39 is 0 Å². The summed E-state index contributed by atoms with van der Waals surface area (Å²) in [6.07, 6.45) is 6.06. The molecule has 0 spiro atoms. The molecule has 3 N–H and O–H groups in total. The number of aliphatic hydroxyl groups excluding tert-OH is 1. The maximum Gasteiger partial charge on any atom is 0.321 e. The van der Waals surface area contributed by atoms with Gasteiger partial charge >= 0.3 is 12.0 Å². The molecule has 1 aromatic heterocycles. The number of aromatic nitrogens is 2. The van der Waals surface area contributed by atoms with Gasteiger partial charge in [-0.25, -0.2) is 14.8 Å². The van der Waals surface area contributed by atoms with Crippen LogP contribution in [-0.2, 0) is 0 Å². The standard InChI is InChI=1S/C17H20N4O3/c22-14-6-2-12(3-7-14)20-16(23)21-13-4-8-15(9-5-13)24-17-18-10-1-11-19-17/h1,4-5,8-12,14,22H,2-3,6-7H2,(H2,20,21,23). The van der Waals surface area contributed by atoms with E-state index in [4.69, 9.17) is 4.74 Å². The Kier molecular flexibility index (Phi) is 5.22. The summed E-state index contributed by atoms with van der Waals surface area (Å²) < 4.78 is 5.50. The average molecular weight is 328 g/mol. The number of amides is 2. The summed E-state index contributed by atoms with van der Waals surface area (Å²) in [6.45, 7) is 0. The zero-order valence-corrected chi connectivity index (χ0v) is 13.2. The summed E-state index contributed by atoms with van der Waals surface area (Å²) in [7, 11) is 0. The topological polar surface area (TPSA) is 96.4 Å². The van der Waals surface area contributed by atoms with Crippen molar-refractivity contribution in [2.45, 2.75) is 37.8 Å². The number of rotatable bonds is 4. The van der Waals surface area contributed by atoms with Crippen LogP contribution in [0, 0.1) is 0 Å². The molecule has 0 unspecified atom stereocenters. The minimum absolute atomic E-state index is 0.117. The quantitative estimate of drug-likeness (QED) is 0.802. The van der Waals surface area contributed by atoms with Gasteiger partial charge < -0.3 is 20.5 Å². The second-order valence-corrected chi connectivity index (χ2v) is 5.76. The normalized spacial score (nSPS) is 20.2. The first kappa shape index (κ1) is 16.2. The third-order valence-corrected chi connectivity index (χ3v) is 3.90. The molecule has 7 nitrogen and oxygen atoms in total. The van der Waals surface area contributed by atoms with Gasteiger partial charge in [0.2, 0.25) is 0 Å². The summed E-state index contributed by atoms with van der Waals surface area (Å²) in [6, 6.07) is 8.85. The van der Waals surface area contributed by atoms with E-state index in [2.05, 4.69) is 20.6 Å². The van der Waals surface area contributed by atoms with Crippen molar-refractivity contribution in [3.8, 4) is 11.8 Å². The number of nitrogens with one attached hydrogen (secondary N) is 2. The third kappa shape index (κ3) is 4.66. The number of benzene rings is 1. The highest BCUT2D eigenvalue weighted by Crippen LogP contribution is 2.21. The Morgan fingerprint density at radius 3 is 2.42 bits per heavy atom. The fourth-order valence-electron chi connectivity index (χ4n) is 2.62. The van der Waals surface area contributed by atoms with Crippen LogP contribution in [0.25, 0.3) is 0 Å². The number of urea groups is 1. The molecular weight excluding hydrogens is 308 g/mol. The first-order valence-corrected chi connectivity index (χ1v) is 7.99. The van der Waals surface area contributed by atoms with Gasteiger partial charge in [-0.1, -0.05) is 0 Å². The molecule has 1 aliphatic carbocycles. The lowest BCUT2D eigenvalue weighted by Crippen LogP contribution is -2.40. The van der Waals surface area contributed by atoms with Crippen molar-refractivity contribution < 1.29 is 14.6 Å². The number of anilines is 1. The summed E-state index contributed by atoms with van der Waals surface area (Å²) in [5.41, 5.74) is 0.671. The third-order valence-electron chi connectivity index (χ3n) is 3.90. The molecule has 1 heterocycles. The Labute approximate surface area is 140 Å². The molecule has 1 saturated carbocycles. The van der Waals surface area contributed by atoms with Crippen LogP contribution < -0.4 is 15.4 Å². The second-order valence-electron chi connectivity index (χ2n) is 5.76. The molecule has 0 radical (unpaired) electrons. The van der Waals surface area contributed by atoms with Crippen LogP contribution in [-0.4, -0.2) is 33.3 Å². The molecule has 1 fully saturated rings. The van der Waals surface area contributed by atoms with E-state index in [0.29, 0.717) is 11.4 Å². The Bertz CT molecular complexity index is 655. The highest BCUT2D eigenvalue weighted by Gasteiger charge is 2.20. The summed E-state index contributed by atoms with van der Waals surface area (Å²) in [5, 5.41) is 15.2. The van der Waals surface area contributed by atoms with Crippen molar-refractivity contribution >= 4 is 11.7 Å². The van der Waals surface area contributed by atoms with Crippen LogP contribution >= 0.6 is 0 Å². The van der Waals surface area contributed by atoms with E-state index in [1.165, 1.54) is 0 Å². The van der Waals surface area contributed by atoms with E-state index in [-0.39, 0.29) is 24.2 Å². The van der Waals surface area contributed by atoms with Crippen LogP contribution in [0.15, 0.2) is 42.7 Å². The van der Waals surface area contributed by atoms with Gasteiger partial charge in [0.05, 0.1) is 6.10 Å². The highest BCUT2D eigenvalue weighted by molar-refractivity contribution is 5.89. The fourth-order valence-corrected chi connectivity index (χ4v) is 2.62. The number of hydrogen-bond acceptors (Lipinski definition) is 5. The van der Waals surface area contributed by atoms with Crippen molar-refractivity contribution in [3.05, 3.63) is 42.7 Å². The maximum atomic E-state index is 12.0. The Morgan fingerprint density at radius 2 is 1.75 bits per heavy atom. The summed E-state index contributed by atoms with van der Waals surface area (Å²) >= 11 is 0. The maximum absolute atomic E-state index is 12.0. The number of ether oxygens (including phenoxy) is 1. The Hall–Kier alpha value is -2.67. The van der Waals surface area contributed by atoms with Gasteiger partial charge in [0.25, 0.3) is 0 Å². The smallest absolute Gasteiger partial charge is 0.321 e. The fraction of sp³-hybridized carbons (Fsp3) is 0.353. The molecule has 0 saturated heterocycles. The summed E-state index contributed by atoms with van der Waals surface area (Å²) in [4.78, 5) is 20.0. The molecule has 3 rings (SSSR count). The number of hydrogen-bond donors (Lipinski definition) is 3. The Balaban J connectivity index is 1.49. The van der Waals surface area contributed by atoms with Gasteiger partial charge in [0.15, 0.2) is 0 Å². The predicted octanol–water partition coefficient (Wildman–Crippen LogP) is 2.69. The predicted molar refractivity (Wildman–Crippen MR) is 89.0 cm³/mol. The first-order chi connectivity index (χ1) is 11.7. The molecular formula is C17H20N4O3. The van der Waals surface area contributed by atoms with Gasteiger partial charge in [-0.3, -0.25) is 0 Å². The van der Waals surface area contributed by atoms with Crippen LogP contribution in [0.5, 0.6) is 11.8 Å². The van der Waals surface area contributed by atoms with Crippen LogP contribution in [0.4, 0.5) is 10.5 Å². The van der Waals surface area contributed by atoms with Crippen molar-refractivity contribution in [3.63, 3.8) is 0 Å². The van der Waals surface area contributed by atoms with Gasteiger partial charge in [0, 0.05) is 24.1 Å². The molecule has 0 atom stereocenters. The van der Waals surface area contributed by atoms with Crippen molar-refractivity contribution in [2.24, 2.45) is 0 Å². The zero-order chi connectivity index (χ0) is 16.8. The highest BCUT2D eigenvalue weighted by atomic mass is 16.5. The minimum Gasteiger partial charge on any atom is -0.424 e. The van der Waals surface area contributed by atoms with E-state index in [1.807, 2.05) is 0 Å². The SMILES string of the molecule is O=C(Nc1ccc(Oc2ncccn2)cc1)NC1CCC(O)CC1. The van der Waals surface area contributed by atoms with E-state index in [1.54, 1.807) is 42.7 Å². The average Bonchev–Trinajstić information content (AvgIpc) is 2.60. The van der Waals surface area contributed by atoms with Crippen molar-refractivity contribution in [2.75, 3.05) is 5.32 Å². The van der Waals surface area contributed by atoms with E-state index in [0.717, 1.165) is 25.7 Å². The van der Waals surface area contributed by atoms with E-state index >= 15 is 0 Å². The minimum atomic E-state index is -0.239. The second kappa shape index (κ2) is 7.74. The lowest BCUT2D eigenvalue weighted by atomic mass is 9.93. The first-order valence-electron chi connectivity index (χ1n) is 7.99. The van der Waals surface area contributed by atoms with Gasteiger partial charge in [-0.2, -0.15) is 0 Å². The van der Waals surface area contributed by atoms with Gasteiger partial charge in [-0.15, -0.1) is 0 Å². The molecule has 24 heavy (non-hydrogen) atoms. The lowest BCUT2D eigenvalue weighted by Gasteiger charge is -2.26. The molecule has 1 aliphatic rings. The molecule has 2 amide bonds. The zero-order valence-electron chi connectivity index (χ0n) is 13.2. The summed E-state index contributed by atoms with van der Waals surface area (Å²) in [5.74, 6) is 0.591. The van der Waals surface area contributed by atoms with Crippen LogP contribution in [0.2, 0.25) is 0 Å². The van der Waals surface area contributed by atoms with E-state index in [9.17, 15) is 9.90 Å². The number of carbonyl (C=O) groups excluding carboxylic acids is 1. The van der Waals surface area contributed by atoms with Crippen LogP contribution in [0.1, 0.15) is 25.7 Å².